The summed E-state index contributed by atoms with van der Waals surface area (Å²) >= 11 is 3.12. The van der Waals surface area contributed by atoms with Gasteiger partial charge in [0, 0.05) is 25.7 Å². The van der Waals surface area contributed by atoms with Gasteiger partial charge in [-0.05, 0) is 30.4 Å². The Labute approximate surface area is 167 Å². The van der Waals surface area contributed by atoms with Crippen molar-refractivity contribution >= 4 is 39.2 Å². The fourth-order valence-corrected chi connectivity index (χ4v) is 5.17. The molecule has 5 nitrogen and oxygen atoms in total. The smallest absolute Gasteiger partial charge is 0.233 e. The number of thioether (sulfide) groups is 1. The largest absolute Gasteiger partial charge is 0.351 e. The SMILES string of the molecule is CC(Sc1ncnc2ccsc12)C(=O)NC1CCN(Cc2ccccc2)C1. The summed E-state index contributed by atoms with van der Waals surface area (Å²) in [5, 5.41) is 5.92. The van der Waals surface area contributed by atoms with E-state index in [0.29, 0.717) is 0 Å². The van der Waals surface area contributed by atoms with Gasteiger partial charge in [0.1, 0.15) is 11.4 Å². The summed E-state index contributed by atoms with van der Waals surface area (Å²) in [6.45, 7) is 4.80. The molecule has 27 heavy (non-hydrogen) atoms. The molecule has 4 rings (SSSR count). The molecule has 0 aliphatic carbocycles. The molecular weight excluding hydrogens is 376 g/mol. The minimum Gasteiger partial charge on any atom is -0.351 e. The fraction of sp³-hybridized carbons (Fsp3) is 0.350. The van der Waals surface area contributed by atoms with E-state index in [-0.39, 0.29) is 17.2 Å². The lowest BCUT2D eigenvalue weighted by atomic mass is 10.2. The highest BCUT2D eigenvalue weighted by atomic mass is 32.2. The summed E-state index contributed by atoms with van der Waals surface area (Å²) in [6.07, 6.45) is 2.57. The topological polar surface area (TPSA) is 58.1 Å². The summed E-state index contributed by atoms with van der Waals surface area (Å²) in [7, 11) is 0. The predicted octanol–water partition coefficient (Wildman–Crippen LogP) is 3.56. The molecule has 0 saturated carbocycles. The van der Waals surface area contributed by atoms with Gasteiger partial charge in [-0.25, -0.2) is 9.97 Å². The zero-order chi connectivity index (χ0) is 18.6. The normalized spacial score (nSPS) is 18.6. The number of fused-ring (bicyclic) bond motifs is 1. The number of aromatic nitrogens is 2. The standard InChI is InChI=1S/C20H22N4OS2/c1-14(27-20-18-17(8-10-26-18)21-13-22-20)19(25)23-16-7-9-24(12-16)11-15-5-3-2-4-6-15/h2-6,8,10,13-14,16H,7,9,11-12H2,1H3,(H,23,25). The minimum absolute atomic E-state index is 0.0786. The van der Waals surface area contributed by atoms with Crippen LogP contribution in [0.5, 0.6) is 0 Å². The second-order valence-electron chi connectivity index (χ2n) is 6.79. The second kappa shape index (κ2) is 8.37. The van der Waals surface area contributed by atoms with Crippen molar-refractivity contribution in [2.75, 3.05) is 13.1 Å². The number of carbonyl (C=O) groups excluding carboxylic acids is 1. The number of carbonyl (C=O) groups is 1. The molecule has 1 fully saturated rings. The molecule has 0 bridgehead atoms. The van der Waals surface area contributed by atoms with Crippen LogP contribution in [0.15, 0.2) is 53.1 Å². The van der Waals surface area contributed by atoms with Crippen LogP contribution in [-0.2, 0) is 11.3 Å². The minimum atomic E-state index is -0.187. The average molecular weight is 399 g/mol. The van der Waals surface area contributed by atoms with Crippen molar-refractivity contribution in [2.45, 2.75) is 36.2 Å². The third-order valence-corrected chi connectivity index (χ3v) is 6.88. The lowest BCUT2D eigenvalue weighted by Gasteiger charge is -2.18. The van der Waals surface area contributed by atoms with E-state index >= 15 is 0 Å². The maximum absolute atomic E-state index is 12.7. The molecule has 140 valence electrons. The van der Waals surface area contributed by atoms with Crippen molar-refractivity contribution in [3.05, 3.63) is 53.7 Å². The van der Waals surface area contributed by atoms with E-state index in [1.807, 2.05) is 24.4 Å². The van der Waals surface area contributed by atoms with Gasteiger partial charge in [0.2, 0.25) is 5.91 Å². The van der Waals surface area contributed by atoms with E-state index in [1.165, 1.54) is 17.3 Å². The van der Waals surface area contributed by atoms with E-state index in [9.17, 15) is 4.79 Å². The molecule has 2 atom stereocenters. The molecule has 1 aromatic carbocycles. The first kappa shape index (κ1) is 18.4. The van der Waals surface area contributed by atoms with Crippen LogP contribution in [0.3, 0.4) is 0 Å². The van der Waals surface area contributed by atoms with Crippen LogP contribution in [0.4, 0.5) is 0 Å². The molecule has 3 heterocycles. The predicted molar refractivity (Wildman–Crippen MR) is 111 cm³/mol. The fourth-order valence-electron chi connectivity index (χ4n) is 3.33. The number of nitrogens with one attached hydrogen (secondary N) is 1. The Morgan fingerprint density at radius 2 is 2.19 bits per heavy atom. The van der Waals surface area contributed by atoms with Gasteiger partial charge in [-0.3, -0.25) is 9.69 Å². The Hall–Kier alpha value is -1.96. The highest BCUT2D eigenvalue weighted by Gasteiger charge is 2.26. The van der Waals surface area contributed by atoms with E-state index in [1.54, 1.807) is 17.7 Å². The highest BCUT2D eigenvalue weighted by molar-refractivity contribution is 8.00. The third kappa shape index (κ3) is 4.48. The molecule has 1 aliphatic heterocycles. The first-order valence-electron chi connectivity index (χ1n) is 9.10. The zero-order valence-corrected chi connectivity index (χ0v) is 16.8. The van der Waals surface area contributed by atoms with Gasteiger partial charge in [0.25, 0.3) is 0 Å². The second-order valence-corrected chi connectivity index (χ2v) is 9.03. The van der Waals surface area contributed by atoms with Crippen LogP contribution in [0.2, 0.25) is 0 Å². The molecule has 2 aromatic heterocycles. The molecule has 3 aromatic rings. The Morgan fingerprint density at radius 3 is 3.04 bits per heavy atom. The maximum Gasteiger partial charge on any atom is 0.233 e. The summed E-state index contributed by atoms with van der Waals surface area (Å²) in [6, 6.07) is 12.7. The van der Waals surface area contributed by atoms with Crippen molar-refractivity contribution in [1.29, 1.82) is 0 Å². The lowest BCUT2D eigenvalue weighted by molar-refractivity contribution is -0.120. The molecule has 2 unspecified atom stereocenters. The van der Waals surface area contributed by atoms with Crippen LogP contribution >= 0.6 is 23.1 Å². The van der Waals surface area contributed by atoms with Crippen LogP contribution in [0.25, 0.3) is 10.2 Å². The monoisotopic (exact) mass is 398 g/mol. The Morgan fingerprint density at radius 1 is 1.33 bits per heavy atom. The quantitative estimate of drug-likeness (QED) is 0.508. The van der Waals surface area contributed by atoms with Gasteiger partial charge in [0.15, 0.2) is 0 Å². The van der Waals surface area contributed by atoms with Gasteiger partial charge >= 0.3 is 0 Å². The van der Waals surface area contributed by atoms with Gasteiger partial charge in [0.05, 0.1) is 15.5 Å². The van der Waals surface area contributed by atoms with Crippen molar-refractivity contribution in [3.8, 4) is 0 Å². The van der Waals surface area contributed by atoms with Gasteiger partial charge in [-0.15, -0.1) is 11.3 Å². The molecule has 7 heteroatoms. The van der Waals surface area contributed by atoms with Gasteiger partial charge in [-0.1, -0.05) is 42.1 Å². The molecule has 1 saturated heterocycles. The van der Waals surface area contributed by atoms with Crippen LogP contribution in [-0.4, -0.2) is 45.2 Å². The summed E-state index contributed by atoms with van der Waals surface area (Å²) < 4.78 is 1.05. The molecule has 1 aliphatic rings. The lowest BCUT2D eigenvalue weighted by Crippen LogP contribution is -2.40. The number of likely N-dealkylation sites (tertiary alicyclic amines) is 1. The van der Waals surface area contributed by atoms with Crippen molar-refractivity contribution < 1.29 is 4.79 Å². The third-order valence-electron chi connectivity index (χ3n) is 4.74. The van der Waals surface area contributed by atoms with E-state index in [0.717, 1.165) is 41.3 Å². The summed E-state index contributed by atoms with van der Waals surface area (Å²) in [5.74, 6) is 0.0786. The van der Waals surface area contributed by atoms with Gasteiger partial charge < -0.3 is 5.32 Å². The van der Waals surface area contributed by atoms with Crippen LogP contribution < -0.4 is 5.32 Å². The first-order chi connectivity index (χ1) is 13.2. The van der Waals surface area contributed by atoms with Crippen LogP contribution in [0.1, 0.15) is 18.9 Å². The molecule has 0 spiro atoms. The number of rotatable bonds is 6. The number of hydrogen-bond acceptors (Lipinski definition) is 6. The molecule has 0 radical (unpaired) electrons. The first-order valence-corrected chi connectivity index (χ1v) is 10.9. The maximum atomic E-state index is 12.7. The van der Waals surface area contributed by atoms with Gasteiger partial charge in [-0.2, -0.15) is 0 Å². The highest BCUT2D eigenvalue weighted by Crippen LogP contribution is 2.31. The number of thiophene rings is 1. The number of benzene rings is 1. The van der Waals surface area contributed by atoms with E-state index in [2.05, 4.69) is 44.5 Å². The Balaban J connectivity index is 1.30. The number of nitrogens with zero attached hydrogens (tertiary/aromatic N) is 3. The molecule has 1 N–H and O–H groups in total. The Kier molecular flexibility index (Phi) is 5.71. The number of hydrogen-bond donors (Lipinski definition) is 1. The van der Waals surface area contributed by atoms with Crippen LogP contribution in [0, 0.1) is 0 Å². The average Bonchev–Trinajstić information content (AvgIpc) is 3.32. The summed E-state index contributed by atoms with van der Waals surface area (Å²) in [4.78, 5) is 23.7. The Bertz CT molecular complexity index is 915. The summed E-state index contributed by atoms with van der Waals surface area (Å²) in [5.41, 5.74) is 2.26. The van der Waals surface area contributed by atoms with E-state index < -0.39 is 0 Å². The zero-order valence-electron chi connectivity index (χ0n) is 15.2. The van der Waals surface area contributed by atoms with Crippen molar-refractivity contribution in [3.63, 3.8) is 0 Å². The van der Waals surface area contributed by atoms with Crippen molar-refractivity contribution in [2.24, 2.45) is 0 Å². The van der Waals surface area contributed by atoms with E-state index in [4.69, 9.17) is 0 Å². The van der Waals surface area contributed by atoms with Crippen molar-refractivity contribution in [1.82, 2.24) is 20.2 Å². The molecule has 1 amide bonds. The number of amides is 1. The molecular formula is C20H22N4OS2.